The Morgan fingerprint density at radius 3 is 2.94 bits per heavy atom. The highest BCUT2D eigenvalue weighted by Gasteiger charge is 2.19. The highest BCUT2D eigenvalue weighted by Crippen LogP contribution is 2.22. The van der Waals surface area contributed by atoms with E-state index in [1.165, 1.54) is 0 Å². The number of hydrogen-bond acceptors (Lipinski definition) is 5. The fourth-order valence-electron chi connectivity index (χ4n) is 1.69. The molecule has 2 rings (SSSR count). The molecular weight excluding hydrogens is 232 g/mol. The number of anilines is 2. The van der Waals surface area contributed by atoms with Crippen LogP contribution in [0.1, 0.15) is 13.8 Å². The predicted molar refractivity (Wildman–Crippen MR) is 71.6 cm³/mol. The van der Waals surface area contributed by atoms with Crippen molar-refractivity contribution in [3.63, 3.8) is 0 Å². The number of nitrogens with zero attached hydrogens (tertiary/aromatic N) is 1. The first-order valence-electron chi connectivity index (χ1n) is 5.60. The van der Waals surface area contributed by atoms with Gasteiger partial charge in [0.2, 0.25) is 0 Å². The second kappa shape index (κ2) is 4.30. The molecule has 0 radical (unpaired) electrons. The van der Waals surface area contributed by atoms with Crippen LogP contribution < -0.4 is 16.6 Å². The Balaban J connectivity index is 2.66. The lowest BCUT2D eigenvalue weighted by Gasteiger charge is -2.24. The first kappa shape index (κ1) is 12.4. The number of aromatic nitrogens is 2. The van der Waals surface area contributed by atoms with Gasteiger partial charge in [0.05, 0.1) is 17.5 Å². The molecule has 6 heteroatoms. The summed E-state index contributed by atoms with van der Waals surface area (Å²) >= 11 is 0. The first-order valence-corrected chi connectivity index (χ1v) is 5.60. The van der Waals surface area contributed by atoms with Gasteiger partial charge in [0.25, 0.3) is 5.56 Å². The van der Waals surface area contributed by atoms with E-state index in [1.54, 1.807) is 32.2 Å². The maximum absolute atomic E-state index is 11.8. The summed E-state index contributed by atoms with van der Waals surface area (Å²) in [6, 6.07) is 3.40. The molecule has 0 fully saturated rings. The smallest absolute Gasteiger partial charge is 0.259 e. The molecule has 0 aliphatic heterocycles. The van der Waals surface area contributed by atoms with Crippen LogP contribution >= 0.6 is 0 Å². The fourth-order valence-corrected chi connectivity index (χ4v) is 1.69. The van der Waals surface area contributed by atoms with Crippen LogP contribution in [0.25, 0.3) is 10.8 Å². The van der Waals surface area contributed by atoms with Crippen molar-refractivity contribution in [2.75, 3.05) is 17.7 Å². The first-order chi connectivity index (χ1) is 8.43. The van der Waals surface area contributed by atoms with Crippen molar-refractivity contribution in [2.45, 2.75) is 19.4 Å². The number of hydrogen-bond donors (Lipinski definition) is 4. The molecule has 18 heavy (non-hydrogen) atoms. The Bertz CT molecular complexity index is 634. The summed E-state index contributed by atoms with van der Waals surface area (Å²) in [4.78, 5) is 18.6. The van der Waals surface area contributed by atoms with Gasteiger partial charge in [0.15, 0.2) is 0 Å². The van der Waals surface area contributed by atoms with Crippen molar-refractivity contribution < 1.29 is 5.11 Å². The second-order valence-corrected chi connectivity index (χ2v) is 4.83. The summed E-state index contributed by atoms with van der Waals surface area (Å²) in [6.07, 6.45) is 1.56. The van der Waals surface area contributed by atoms with E-state index in [2.05, 4.69) is 15.3 Å². The van der Waals surface area contributed by atoms with Gasteiger partial charge in [-0.3, -0.25) is 4.79 Å². The number of H-pyrrole nitrogens is 1. The number of aliphatic hydroxyl groups is 1. The van der Waals surface area contributed by atoms with Gasteiger partial charge in [-0.2, -0.15) is 0 Å². The Morgan fingerprint density at radius 2 is 2.28 bits per heavy atom. The summed E-state index contributed by atoms with van der Waals surface area (Å²) < 4.78 is 0. The van der Waals surface area contributed by atoms with E-state index in [1.807, 2.05) is 0 Å². The van der Waals surface area contributed by atoms with Gasteiger partial charge < -0.3 is 21.1 Å². The SMILES string of the molecule is CC(C)(CO)Nc1nc(N)cc2cc[nH]c(=O)c12. The summed E-state index contributed by atoms with van der Waals surface area (Å²) in [5.41, 5.74) is 4.88. The normalized spacial score (nSPS) is 11.7. The lowest BCUT2D eigenvalue weighted by atomic mass is 10.1. The molecule has 0 spiro atoms. The molecule has 0 amide bonds. The maximum Gasteiger partial charge on any atom is 0.259 e. The zero-order valence-corrected chi connectivity index (χ0v) is 10.3. The third-order valence-electron chi connectivity index (χ3n) is 2.63. The van der Waals surface area contributed by atoms with Crippen molar-refractivity contribution in [3.8, 4) is 0 Å². The van der Waals surface area contributed by atoms with Gasteiger partial charge >= 0.3 is 0 Å². The second-order valence-electron chi connectivity index (χ2n) is 4.83. The molecule has 0 aliphatic carbocycles. The van der Waals surface area contributed by atoms with E-state index >= 15 is 0 Å². The number of aliphatic hydroxyl groups excluding tert-OH is 1. The third-order valence-corrected chi connectivity index (χ3v) is 2.63. The Hall–Kier alpha value is -2.08. The lowest BCUT2D eigenvalue weighted by molar-refractivity contribution is 0.234. The Kier molecular flexibility index (Phi) is 2.96. The molecule has 2 aromatic heterocycles. The molecule has 0 saturated carbocycles. The minimum absolute atomic E-state index is 0.0876. The average Bonchev–Trinajstić information content (AvgIpc) is 2.28. The molecule has 2 aromatic rings. The third kappa shape index (κ3) is 2.28. The molecule has 96 valence electrons. The highest BCUT2D eigenvalue weighted by molar-refractivity contribution is 5.92. The van der Waals surface area contributed by atoms with E-state index in [9.17, 15) is 9.90 Å². The van der Waals surface area contributed by atoms with Crippen LogP contribution in [0.4, 0.5) is 11.6 Å². The summed E-state index contributed by atoms with van der Waals surface area (Å²) in [5.74, 6) is 0.704. The quantitative estimate of drug-likeness (QED) is 0.639. The zero-order valence-electron chi connectivity index (χ0n) is 10.3. The summed E-state index contributed by atoms with van der Waals surface area (Å²) in [6.45, 7) is 3.53. The van der Waals surface area contributed by atoms with Crippen LogP contribution in [0.3, 0.4) is 0 Å². The van der Waals surface area contributed by atoms with Crippen molar-refractivity contribution in [3.05, 3.63) is 28.7 Å². The van der Waals surface area contributed by atoms with E-state index in [0.29, 0.717) is 22.4 Å². The van der Waals surface area contributed by atoms with Crippen molar-refractivity contribution >= 4 is 22.4 Å². The molecule has 6 nitrogen and oxygen atoms in total. The number of rotatable bonds is 3. The van der Waals surface area contributed by atoms with Crippen molar-refractivity contribution in [1.29, 1.82) is 0 Å². The van der Waals surface area contributed by atoms with E-state index in [4.69, 9.17) is 5.73 Å². The molecule has 0 unspecified atom stereocenters. The molecule has 5 N–H and O–H groups in total. The molecule has 0 bridgehead atoms. The molecule has 0 aliphatic rings. The molecule has 0 aromatic carbocycles. The Labute approximate surface area is 104 Å². The minimum atomic E-state index is -0.587. The molecule has 0 saturated heterocycles. The minimum Gasteiger partial charge on any atom is -0.394 e. The number of nitrogen functional groups attached to an aromatic ring is 1. The summed E-state index contributed by atoms with van der Waals surface area (Å²) in [7, 11) is 0. The Morgan fingerprint density at radius 1 is 1.56 bits per heavy atom. The van der Waals surface area contributed by atoms with Crippen LogP contribution in [0.15, 0.2) is 23.1 Å². The van der Waals surface area contributed by atoms with E-state index in [-0.39, 0.29) is 12.2 Å². The van der Waals surface area contributed by atoms with Crippen molar-refractivity contribution in [1.82, 2.24) is 9.97 Å². The van der Waals surface area contributed by atoms with Crippen LogP contribution in [-0.2, 0) is 0 Å². The molecular formula is C12H16N4O2. The topological polar surface area (TPSA) is 104 Å². The number of pyridine rings is 2. The van der Waals surface area contributed by atoms with Gasteiger partial charge in [-0.1, -0.05) is 0 Å². The van der Waals surface area contributed by atoms with Gasteiger partial charge in [0.1, 0.15) is 11.6 Å². The van der Waals surface area contributed by atoms with Crippen LogP contribution in [0, 0.1) is 0 Å². The highest BCUT2D eigenvalue weighted by atomic mass is 16.3. The monoisotopic (exact) mass is 248 g/mol. The van der Waals surface area contributed by atoms with Crippen molar-refractivity contribution in [2.24, 2.45) is 0 Å². The van der Waals surface area contributed by atoms with Gasteiger partial charge in [-0.15, -0.1) is 0 Å². The number of aromatic amines is 1. The van der Waals surface area contributed by atoms with E-state index < -0.39 is 5.54 Å². The van der Waals surface area contributed by atoms with Gasteiger partial charge in [-0.25, -0.2) is 4.98 Å². The van der Waals surface area contributed by atoms with Crippen LogP contribution in [0.5, 0.6) is 0 Å². The zero-order chi connectivity index (χ0) is 13.3. The maximum atomic E-state index is 11.8. The average molecular weight is 248 g/mol. The van der Waals surface area contributed by atoms with Crippen LogP contribution in [0.2, 0.25) is 0 Å². The van der Waals surface area contributed by atoms with Gasteiger partial charge in [0, 0.05) is 6.20 Å². The number of nitrogens with two attached hydrogens (primary N) is 1. The summed E-state index contributed by atoms with van der Waals surface area (Å²) in [5, 5.41) is 13.4. The molecule has 2 heterocycles. The lowest BCUT2D eigenvalue weighted by Crippen LogP contribution is -2.35. The number of fused-ring (bicyclic) bond motifs is 1. The predicted octanol–water partition coefficient (Wildman–Crippen LogP) is 0.688. The van der Waals surface area contributed by atoms with Gasteiger partial charge in [-0.05, 0) is 31.4 Å². The number of nitrogens with one attached hydrogen (secondary N) is 2. The fraction of sp³-hybridized carbons (Fsp3) is 0.333. The standard InChI is InChI=1S/C12H16N4O2/c1-12(2,6-17)16-10-9-7(5-8(13)15-10)3-4-14-11(9)18/h3-5,17H,6H2,1-2H3,(H,14,18)(H3,13,15,16). The largest absolute Gasteiger partial charge is 0.394 e. The van der Waals surface area contributed by atoms with E-state index in [0.717, 1.165) is 0 Å². The molecule has 0 atom stereocenters. The van der Waals surface area contributed by atoms with Crippen LogP contribution in [-0.4, -0.2) is 27.2 Å².